The number of nitrogens with zero attached hydrogens (tertiary/aromatic N) is 1. The predicted octanol–water partition coefficient (Wildman–Crippen LogP) is 2.15. The Morgan fingerprint density at radius 2 is 2.19 bits per heavy atom. The second-order valence-electron chi connectivity index (χ2n) is 4.49. The molecule has 1 heterocycles. The molecule has 16 heavy (non-hydrogen) atoms. The predicted molar refractivity (Wildman–Crippen MR) is 66.3 cm³/mol. The highest BCUT2D eigenvalue weighted by atomic mass is 16.5. The molecule has 90 valence electrons. The maximum absolute atomic E-state index is 5.21. The van der Waals surface area contributed by atoms with Crippen LogP contribution in [-0.4, -0.2) is 24.7 Å². The summed E-state index contributed by atoms with van der Waals surface area (Å²) in [6.45, 7) is 8.12. The van der Waals surface area contributed by atoms with E-state index < -0.39 is 0 Å². The van der Waals surface area contributed by atoms with E-state index in [1.807, 2.05) is 12.4 Å². The molecule has 0 aliphatic heterocycles. The summed E-state index contributed by atoms with van der Waals surface area (Å²) in [6.07, 6.45) is 3.74. The summed E-state index contributed by atoms with van der Waals surface area (Å²) in [5.41, 5.74) is 2.53. The Hall–Kier alpha value is -0.930. The number of nitrogens with one attached hydrogen (secondary N) is 1. The van der Waals surface area contributed by atoms with E-state index in [1.54, 1.807) is 7.11 Å². The number of pyridine rings is 1. The molecule has 1 atom stereocenters. The van der Waals surface area contributed by atoms with Gasteiger partial charge in [-0.25, -0.2) is 0 Å². The van der Waals surface area contributed by atoms with E-state index in [4.69, 9.17) is 4.74 Å². The Kier molecular flexibility index (Phi) is 5.43. The zero-order chi connectivity index (χ0) is 12.0. The summed E-state index contributed by atoms with van der Waals surface area (Å²) >= 11 is 0. The molecular weight excluding hydrogens is 200 g/mol. The molecule has 3 nitrogen and oxygen atoms in total. The van der Waals surface area contributed by atoms with Gasteiger partial charge in [-0.05, 0) is 30.0 Å². The van der Waals surface area contributed by atoms with Crippen molar-refractivity contribution in [2.45, 2.75) is 33.4 Å². The molecule has 1 aromatic rings. The van der Waals surface area contributed by atoms with Crippen molar-refractivity contribution in [1.29, 1.82) is 0 Å². The molecule has 0 saturated heterocycles. The molecular formula is C13H22N2O. The van der Waals surface area contributed by atoms with Gasteiger partial charge in [0.1, 0.15) is 0 Å². The van der Waals surface area contributed by atoms with E-state index in [-0.39, 0.29) is 0 Å². The highest BCUT2D eigenvalue weighted by molar-refractivity contribution is 5.21. The van der Waals surface area contributed by atoms with Crippen molar-refractivity contribution in [3.63, 3.8) is 0 Å². The van der Waals surface area contributed by atoms with Gasteiger partial charge < -0.3 is 10.1 Å². The molecule has 0 fully saturated rings. The SMILES string of the molecule is COCC(NCc1ccncc1C)C(C)C. The van der Waals surface area contributed by atoms with Crippen molar-refractivity contribution in [1.82, 2.24) is 10.3 Å². The fourth-order valence-corrected chi connectivity index (χ4v) is 1.61. The Morgan fingerprint density at radius 3 is 2.75 bits per heavy atom. The molecule has 0 radical (unpaired) electrons. The zero-order valence-electron chi connectivity index (χ0n) is 10.7. The van der Waals surface area contributed by atoms with Gasteiger partial charge in [0.15, 0.2) is 0 Å². The van der Waals surface area contributed by atoms with E-state index >= 15 is 0 Å². The molecule has 0 amide bonds. The normalized spacial score (nSPS) is 13.1. The maximum Gasteiger partial charge on any atom is 0.0618 e. The average Bonchev–Trinajstić information content (AvgIpc) is 2.26. The number of rotatable bonds is 6. The fraction of sp³-hybridized carbons (Fsp3) is 0.615. The van der Waals surface area contributed by atoms with Gasteiger partial charge in [0.25, 0.3) is 0 Å². The van der Waals surface area contributed by atoms with E-state index in [0.29, 0.717) is 12.0 Å². The minimum absolute atomic E-state index is 0.401. The maximum atomic E-state index is 5.21. The van der Waals surface area contributed by atoms with Crippen LogP contribution < -0.4 is 5.32 Å². The Labute approximate surface area is 98.2 Å². The van der Waals surface area contributed by atoms with Gasteiger partial charge in [-0.3, -0.25) is 4.98 Å². The van der Waals surface area contributed by atoms with Gasteiger partial charge >= 0.3 is 0 Å². The smallest absolute Gasteiger partial charge is 0.0618 e. The number of hydrogen-bond acceptors (Lipinski definition) is 3. The molecule has 0 aliphatic carbocycles. The minimum atomic E-state index is 0.401. The number of hydrogen-bond donors (Lipinski definition) is 1. The van der Waals surface area contributed by atoms with E-state index in [0.717, 1.165) is 13.2 Å². The van der Waals surface area contributed by atoms with E-state index in [2.05, 4.69) is 37.1 Å². The lowest BCUT2D eigenvalue weighted by molar-refractivity contribution is 0.146. The van der Waals surface area contributed by atoms with Crippen molar-refractivity contribution < 1.29 is 4.74 Å². The lowest BCUT2D eigenvalue weighted by atomic mass is 10.0. The van der Waals surface area contributed by atoms with Crippen LogP contribution >= 0.6 is 0 Å². The number of methoxy groups -OCH3 is 1. The lowest BCUT2D eigenvalue weighted by Crippen LogP contribution is -2.37. The standard InChI is InChI=1S/C13H22N2O/c1-10(2)13(9-16-4)15-8-12-5-6-14-7-11(12)3/h5-7,10,13,15H,8-9H2,1-4H3. The number of aromatic nitrogens is 1. The number of aryl methyl sites for hydroxylation is 1. The third-order valence-electron chi connectivity index (χ3n) is 2.84. The first-order chi connectivity index (χ1) is 7.65. The van der Waals surface area contributed by atoms with Gasteiger partial charge in [-0.2, -0.15) is 0 Å². The van der Waals surface area contributed by atoms with Crippen LogP contribution in [0.5, 0.6) is 0 Å². The number of ether oxygens (including phenoxy) is 1. The van der Waals surface area contributed by atoms with Crippen molar-refractivity contribution >= 4 is 0 Å². The first kappa shape index (κ1) is 13.1. The van der Waals surface area contributed by atoms with Crippen LogP contribution in [0.4, 0.5) is 0 Å². The first-order valence-corrected chi connectivity index (χ1v) is 5.77. The van der Waals surface area contributed by atoms with Crippen LogP contribution in [0.25, 0.3) is 0 Å². The summed E-state index contributed by atoms with van der Waals surface area (Å²) in [5, 5.41) is 3.52. The van der Waals surface area contributed by atoms with Crippen molar-refractivity contribution in [2.24, 2.45) is 5.92 Å². The first-order valence-electron chi connectivity index (χ1n) is 5.77. The molecule has 1 unspecified atom stereocenters. The van der Waals surface area contributed by atoms with Crippen LogP contribution in [-0.2, 0) is 11.3 Å². The minimum Gasteiger partial charge on any atom is -0.383 e. The second-order valence-corrected chi connectivity index (χ2v) is 4.49. The molecule has 1 rings (SSSR count). The Bertz CT molecular complexity index is 313. The highest BCUT2D eigenvalue weighted by Gasteiger charge is 2.12. The molecule has 1 aromatic heterocycles. The highest BCUT2D eigenvalue weighted by Crippen LogP contribution is 2.07. The van der Waals surface area contributed by atoms with Gasteiger partial charge in [-0.15, -0.1) is 0 Å². The third-order valence-corrected chi connectivity index (χ3v) is 2.84. The van der Waals surface area contributed by atoms with Crippen LogP contribution in [0.3, 0.4) is 0 Å². The van der Waals surface area contributed by atoms with E-state index in [9.17, 15) is 0 Å². The summed E-state index contributed by atoms with van der Waals surface area (Å²) in [4.78, 5) is 4.09. The van der Waals surface area contributed by atoms with Gasteiger partial charge in [-0.1, -0.05) is 13.8 Å². The van der Waals surface area contributed by atoms with E-state index in [1.165, 1.54) is 11.1 Å². The Morgan fingerprint density at radius 1 is 1.44 bits per heavy atom. The largest absolute Gasteiger partial charge is 0.383 e. The topological polar surface area (TPSA) is 34.1 Å². The monoisotopic (exact) mass is 222 g/mol. The molecule has 0 aromatic carbocycles. The van der Waals surface area contributed by atoms with Gasteiger partial charge in [0.05, 0.1) is 6.61 Å². The average molecular weight is 222 g/mol. The van der Waals surface area contributed by atoms with Crippen molar-refractivity contribution in [2.75, 3.05) is 13.7 Å². The summed E-state index contributed by atoms with van der Waals surface area (Å²) < 4.78 is 5.21. The quantitative estimate of drug-likeness (QED) is 0.801. The molecule has 0 aliphatic rings. The molecule has 3 heteroatoms. The summed E-state index contributed by atoms with van der Waals surface area (Å²) in [6, 6.07) is 2.46. The molecule has 1 N–H and O–H groups in total. The van der Waals surface area contributed by atoms with Crippen LogP contribution in [0.15, 0.2) is 18.5 Å². The summed E-state index contributed by atoms with van der Waals surface area (Å²) in [7, 11) is 1.74. The molecule has 0 saturated carbocycles. The fourth-order valence-electron chi connectivity index (χ4n) is 1.61. The third kappa shape index (κ3) is 3.91. The molecule has 0 spiro atoms. The van der Waals surface area contributed by atoms with Crippen LogP contribution in [0.2, 0.25) is 0 Å². The van der Waals surface area contributed by atoms with Crippen molar-refractivity contribution in [3.05, 3.63) is 29.6 Å². The second kappa shape index (κ2) is 6.61. The van der Waals surface area contributed by atoms with Crippen LogP contribution in [0.1, 0.15) is 25.0 Å². The van der Waals surface area contributed by atoms with Crippen molar-refractivity contribution in [3.8, 4) is 0 Å². The Balaban J connectivity index is 2.52. The summed E-state index contributed by atoms with van der Waals surface area (Å²) in [5.74, 6) is 0.571. The zero-order valence-corrected chi connectivity index (χ0v) is 10.7. The van der Waals surface area contributed by atoms with Gasteiger partial charge in [0.2, 0.25) is 0 Å². The molecule has 0 bridgehead atoms. The lowest BCUT2D eigenvalue weighted by Gasteiger charge is -2.22. The van der Waals surface area contributed by atoms with Crippen LogP contribution in [0, 0.1) is 12.8 Å². The van der Waals surface area contributed by atoms with Gasteiger partial charge in [0, 0.05) is 32.1 Å².